The average molecular weight is 171 g/mol. The highest BCUT2D eigenvalue weighted by Crippen LogP contribution is 2.30. The minimum atomic E-state index is -4.51. The maximum absolute atomic E-state index is 12.0. The Bertz CT molecular complexity index is 324. The molecule has 1 radical (unpaired) electrons. The number of nitriles is 1. The molecular weight excluding hydrogens is 169 g/mol. The Kier molecular flexibility index (Phi) is 2.00. The molecule has 0 saturated heterocycles. The Hall–Kier alpha value is -1.57. The third-order valence-electron chi connectivity index (χ3n) is 1.19. The lowest BCUT2D eigenvalue weighted by molar-refractivity contribution is -0.137. The summed E-state index contributed by atoms with van der Waals surface area (Å²) in [5, 5.41) is 8.28. The third-order valence-corrected chi connectivity index (χ3v) is 1.19. The van der Waals surface area contributed by atoms with E-state index in [2.05, 4.69) is 4.98 Å². The normalized spacial score (nSPS) is 10.8. The van der Waals surface area contributed by atoms with Crippen LogP contribution in [0.3, 0.4) is 0 Å². The molecule has 0 N–H and O–H groups in total. The van der Waals surface area contributed by atoms with Crippen LogP contribution in [0.25, 0.3) is 0 Å². The molecule has 0 saturated carbocycles. The lowest BCUT2D eigenvalue weighted by atomic mass is 10.1. The molecule has 0 aliphatic rings. The van der Waals surface area contributed by atoms with E-state index in [1.54, 1.807) is 0 Å². The van der Waals surface area contributed by atoms with Crippen molar-refractivity contribution in [3.8, 4) is 6.07 Å². The maximum Gasteiger partial charge on any atom is 0.417 e. The predicted molar refractivity (Wildman–Crippen MR) is 32.8 cm³/mol. The van der Waals surface area contributed by atoms with Crippen molar-refractivity contribution >= 4 is 0 Å². The summed E-state index contributed by atoms with van der Waals surface area (Å²) in [6, 6.07) is 2.05. The molecule has 0 spiro atoms. The Balaban J connectivity index is 3.26. The van der Waals surface area contributed by atoms with Crippen LogP contribution in [0.4, 0.5) is 13.2 Å². The minimum Gasteiger partial charge on any atom is -0.253 e. The molecule has 12 heavy (non-hydrogen) atoms. The van der Waals surface area contributed by atoms with Gasteiger partial charge in [0.25, 0.3) is 0 Å². The van der Waals surface area contributed by atoms with E-state index in [9.17, 15) is 13.2 Å². The van der Waals surface area contributed by atoms with Gasteiger partial charge in [-0.3, -0.25) is 4.98 Å². The average Bonchev–Trinajstić information content (AvgIpc) is 2.03. The van der Waals surface area contributed by atoms with Crippen molar-refractivity contribution in [2.45, 2.75) is 6.18 Å². The molecule has 0 aromatic carbocycles. The van der Waals surface area contributed by atoms with Gasteiger partial charge in [-0.25, -0.2) is 0 Å². The van der Waals surface area contributed by atoms with E-state index in [4.69, 9.17) is 5.26 Å². The van der Waals surface area contributed by atoms with Gasteiger partial charge in [-0.15, -0.1) is 0 Å². The van der Waals surface area contributed by atoms with Crippen molar-refractivity contribution in [2.75, 3.05) is 0 Å². The molecule has 0 amide bonds. The first-order valence-corrected chi connectivity index (χ1v) is 2.89. The Morgan fingerprint density at radius 2 is 2.17 bits per heavy atom. The smallest absolute Gasteiger partial charge is 0.253 e. The molecule has 0 fully saturated rings. The molecule has 0 atom stereocenters. The van der Waals surface area contributed by atoms with Crippen LogP contribution in [0.2, 0.25) is 0 Å². The van der Waals surface area contributed by atoms with Crippen molar-refractivity contribution in [3.63, 3.8) is 0 Å². The fraction of sp³-hybridized carbons (Fsp3) is 0.143. The number of aromatic nitrogens is 1. The van der Waals surface area contributed by atoms with E-state index >= 15 is 0 Å². The lowest BCUT2D eigenvalue weighted by Gasteiger charge is -2.05. The van der Waals surface area contributed by atoms with Crippen LogP contribution in [0.1, 0.15) is 11.1 Å². The summed E-state index contributed by atoms with van der Waals surface area (Å²) in [4.78, 5) is 3.28. The van der Waals surface area contributed by atoms with Crippen LogP contribution >= 0.6 is 0 Å². The van der Waals surface area contributed by atoms with Gasteiger partial charge in [0.05, 0.1) is 17.3 Å². The van der Waals surface area contributed by atoms with Crippen molar-refractivity contribution < 1.29 is 13.2 Å². The van der Waals surface area contributed by atoms with Gasteiger partial charge in [0, 0.05) is 6.20 Å². The third kappa shape index (κ3) is 1.53. The van der Waals surface area contributed by atoms with Crippen LogP contribution in [0, 0.1) is 17.5 Å². The van der Waals surface area contributed by atoms with Gasteiger partial charge < -0.3 is 0 Å². The number of rotatable bonds is 0. The zero-order chi connectivity index (χ0) is 9.19. The van der Waals surface area contributed by atoms with E-state index in [0.29, 0.717) is 6.07 Å². The van der Waals surface area contributed by atoms with Crippen LogP contribution < -0.4 is 0 Å². The summed E-state index contributed by atoms with van der Waals surface area (Å²) >= 11 is 0. The molecule has 1 rings (SSSR count). The highest BCUT2D eigenvalue weighted by Gasteiger charge is 2.33. The number of hydrogen-bond acceptors (Lipinski definition) is 2. The summed E-state index contributed by atoms with van der Waals surface area (Å²) in [6.07, 6.45) is -1.65. The summed E-state index contributed by atoms with van der Waals surface area (Å²) < 4.78 is 36.1. The second-order valence-electron chi connectivity index (χ2n) is 1.97. The molecule has 1 heterocycles. The highest BCUT2D eigenvalue weighted by molar-refractivity contribution is 5.36. The van der Waals surface area contributed by atoms with E-state index in [-0.39, 0.29) is 0 Å². The molecule has 1 aromatic rings. The second-order valence-corrected chi connectivity index (χ2v) is 1.97. The standard InChI is InChI=1S/C7H2F3N2/c8-7(9,10)6-1-2-12-4-5(6)3-11/h1,4H. The molecule has 61 valence electrons. The zero-order valence-corrected chi connectivity index (χ0v) is 5.68. The molecule has 5 heteroatoms. The summed E-state index contributed by atoms with van der Waals surface area (Å²) in [5.74, 6) is 0. The quantitative estimate of drug-likeness (QED) is 0.596. The van der Waals surface area contributed by atoms with Gasteiger partial charge >= 0.3 is 6.18 Å². The molecule has 0 aliphatic heterocycles. The number of nitrogens with zero attached hydrogens (tertiary/aromatic N) is 2. The van der Waals surface area contributed by atoms with Gasteiger partial charge in [0.2, 0.25) is 0 Å². The fourth-order valence-electron chi connectivity index (χ4n) is 0.675. The summed E-state index contributed by atoms with van der Waals surface area (Å²) in [5.41, 5.74) is -1.48. The SMILES string of the molecule is N#Cc1cn[c]cc1C(F)(F)F. The highest BCUT2D eigenvalue weighted by atomic mass is 19.4. The molecule has 0 bridgehead atoms. The summed E-state index contributed by atoms with van der Waals surface area (Å²) in [6.45, 7) is 0. The van der Waals surface area contributed by atoms with E-state index in [0.717, 1.165) is 6.20 Å². The van der Waals surface area contributed by atoms with E-state index < -0.39 is 17.3 Å². The molecule has 0 unspecified atom stereocenters. The van der Waals surface area contributed by atoms with E-state index in [1.807, 2.05) is 6.20 Å². The summed E-state index contributed by atoms with van der Waals surface area (Å²) in [7, 11) is 0. The molecule has 1 aromatic heterocycles. The van der Waals surface area contributed by atoms with Crippen LogP contribution in [-0.4, -0.2) is 4.98 Å². The van der Waals surface area contributed by atoms with Gasteiger partial charge in [-0.1, -0.05) is 0 Å². The minimum absolute atomic E-state index is 0.485. The fourth-order valence-corrected chi connectivity index (χ4v) is 0.675. The van der Waals surface area contributed by atoms with Gasteiger partial charge in [0.1, 0.15) is 6.07 Å². The first kappa shape index (κ1) is 8.53. The maximum atomic E-state index is 12.0. The Labute approximate surface area is 66.3 Å². The molecular formula is C7H2F3N2. The number of halogens is 3. The van der Waals surface area contributed by atoms with Crippen molar-refractivity contribution in [1.82, 2.24) is 4.98 Å². The largest absolute Gasteiger partial charge is 0.417 e. The van der Waals surface area contributed by atoms with Crippen molar-refractivity contribution in [2.24, 2.45) is 0 Å². The molecule has 0 aliphatic carbocycles. The number of pyridine rings is 1. The topological polar surface area (TPSA) is 36.7 Å². The first-order chi connectivity index (χ1) is 5.55. The molecule has 2 nitrogen and oxygen atoms in total. The van der Waals surface area contributed by atoms with E-state index in [1.165, 1.54) is 6.07 Å². The second kappa shape index (κ2) is 2.81. The Morgan fingerprint density at radius 3 is 2.58 bits per heavy atom. The first-order valence-electron chi connectivity index (χ1n) is 2.89. The van der Waals surface area contributed by atoms with Gasteiger partial charge in [-0.05, 0) is 6.07 Å². The van der Waals surface area contributed by atoms with Crippen LogP contribution in [-0.2, 0) is 6.18 Å². The van der Waals surface area contributed by atoms with Crippen LogP contribution in [0.15, 0.2) is 12.3 Å². The van der Waals surface area contributed by atoms with Crippen molar-refractivity contribution in [1.29, 1.82) is 5.26 Å². The van der Waals surface area contributed by atoms with Gasteiger partial charge in [-0.2, -0.15) is 18.4 Å². The zero-order valence-electron chi connectivity index (χ0n) is 5.68. The monoisotopic (exact) mass is 171 g/mol. The van der Waals surface area contributed by atoms with Crippen LogP contribution in [0.5, 0.6) is 0 Å². The Morgan fingerprint density at radius 1 is 1.50 bits per heavy atom. The number of alkyl halides is 3. The van der Waals surface area contributed by atoms with Crippen molar-refractivity contribution in [3.05, 3.63) is 29.6 Å². The number of hydrogen-bond donors (Lipinski definition) is 0. The lowest BCUT2D eigenvalue weighted by Crippen LogP contribution is -2.07. The predicted octanol–water partition coefficient (Wildman–Crippen LogP) is 1.77. The van der Waals surface area contributed by atoms with Gasteiger partial charge in [0.15, 0.2) is 0 Å².